The first-order chi connectivity index (χ1) is 9.17. The van der Waals surface area contributed by atoms with Gasteiger partial charge in [0.2, 0.25) is 5.91 Å². The Morgan fingerprint density at radius 3 is 2.89 bits per heavy atom. The maximum Gasteiger partial charge on any atom is 0.321 e. The van der Waals surface area contributed by atoms with E-state index in [2.05, 4.69) is 10.6 Å². The largest absolute Gasteiger partial charge is 0.467 e. The second-order valence-electron chi connectivity index (χ2n) is 4.55. The highest BCUT2D eigenvalue weighted by atomic mass is 16.3. The van der Waals surface area contributed by atoms with Crippen molar-refractivity contribution in [2.45, 2.75) is 6.54 Å². The standard InChI is InChI=1S/C12H17N3O4/c16-8-9-5-15(6-9)7-11(17)14-12(18)13-4-10-2-1-3-19-10/h1-3,9,16H,4-8H2,(H2,13,14,17,18). The van der Waals surface area contributed by atoms with Crippen LogP contribution in [0, 0.1) is 5.92 Å². The van der Waals surface area contributed by atoms with E-state index in [1.54, 1.807) is 12.1 Å². The third-order valence-corrected chi connectivity index (χ3v) is 2.91. The van der Waals surface area contributed by atoms with E-state index in [4.69, 9.17) is 9.52 Å². The van der Waals surface area contributed by atoms with Crippen molar-refractivity contribution in [3.63, 3.8) is 0 Å². The monoisotopic (exact) mass is 267 g/mol. The molecule has 0 radical (unpaired) electrons. The number of hydrogen-bond donors (Lipinski definition) is 3. The van der Waals surface area contributed by atoms with Gasteiger partial charge in [0, 0.05) is 25.6 Å². The minimum absolute atomic E-state index is 0.141. The van der Waals surface area contributed by atoms with Crippen LogP contribution in [0.5, 0.6) is 0 Å². The number of rotatable bonds is 5. The van der Waals surface area contributed by atoms with Crippen LogP contribution in [0.1, 0.15) is 5.76 Å². The summed E-state index contributed by atoms with van der Waals surface area (Å²) in [5.41, 5.74) is 0. The lowest BCUT2D eigenvalue weighted by Gasteiger charge is -2.37. The van der Waals surface area contributed by atoms with Crippen molar-refractivity contribution in [2.24, 2.45) is 5.92 Å². The molecule has 0 atom stereocenters. The van der Waals surface area contributed by atoms with Crippen molar-refractivity contribution in [3.05, 3.63) is 24.2 Å². The molecule has 1 aliphatic rings. The summed E-state index contributed by atoms with van der Waals surface area (Å²) in [5, 5.41) is 13.6. The molecule has 19 heavy (non-hydrogen) atoms. The van der Waals surface area contributed by atoms with E-state index in [0.717, 1.165) is 0 Å². The maximum absolute atomic E-state index is 11.5. The molecule has 0 bridgehead atoms. The Labute approximate surface area is 110 Å². The Bertz CT molecular complexity index is 426. The quantitative estimate of drug-likeness (QED) is 0.670. The van der Waals surface area contributed by atoms with Gasteiger partial charge in [-0.2, -0.15) is 0 Å². The van der Waals surface area contributed by atoms with Gasteiger partial charge in [-0.1, -0.05) is 0 Å². The van der Waals surface area contributed by atoms with Gasteiger partial charge in [-0.15, -0.1) is 0 Å². The van der Waals surface area contributed by atoms with Crippen LogP contribution < -0.4 is 10.6 Å². The summed E-state index contributed by atoms with van der Waals surface area (Å²) in [7, 11) is 0. The highest BCUT2D eigenvalue weighted by Crippen LogP contribution is 2.13. The molecule has 2 heterocycles. The second kappa shape index (κ2) is 6.35. The number of imide groups is 1. The number of likely N-dealkylation sites (tertiary alicyclic amines) is 1. The van der Waals surface area contributed by atoms with Crippen LogP contribution in [-0.4, -0.2) is 48.2 Å². The Balaban J connectivity index is 1.61. The van der Waals surface area contributed by atoms with Gasteiger partial charge in [0.25, 0.3) is 0 Å². The van der Waals surface area contributed by atoms with Gasteiger partial charge in [0.15, 0.2) is 0 Å². The summed E-state index contributed by atoms with van der Waals surface area (Å²) in [5.74, 6) is 0.519. The Morgan fingerprint density at radius 1 is 1.47 bits per heavy atom. The van der Waals surface area contributed by atoms with Crippen molar-refractivity contribution >= 4 is 11.9 Å². The number of aliphatic hydroxyl groups excluding tert-OH is 1. The number of nitrogens with zero attached hydrogens (tertiary/aromatic N) is 1. The van der Waals surface area contributed by atoms with Crippen molar-refractivity contribution < 1.29 is 19.1 Å². The van der Waals surface area contributed by atoms with Crippen molar-refractivity contribution in [1.82, 2.24) is 15.5 Å². The summed E-state index contributed by atoms with van der Waals surface area (Å²) in [4.78, 5) is 24.8. The van der Waals surface area contributed by atoms with E-state index in [-0.39, 0.29) is 31.5 Å². The van der Waals surface area contributed by atoms with Crippen LogP contribution in [0.2, 0.25) is 0 Å². The highest BCUT2D eigenvalue weighted by molar-refractivity contribution is 5.95. The smallest absolute Gasteiger partial charge is 0.321 e. The molecule has 3 amide bonds. The zero-order chi connectivity index (χ0) is 13.7. The van der Waals surface area contributed by atoms with Crippen molar-refractivity contribution in [3.8, 4) is 0 Å². The fourth-order valence-corrected chi connectivity index (χ4v) is 1.92. The molecule has 104 valence electrons. The Hall–Kier alpha value is -1.86. The van der Waals surface area contributed by atoms with E-state index < -0.39 is 6.03 Å². The number of furan rings is 1. The fourth-order valence-electron chi connectivity index (χ4n) is 1.92. The van der Waals surface area contributed by atoms with E-state index >= 15 is 0 Å². The van der Waals surface area contributed by atoms with Crippen LogP contribution in [0.4, 0.5) is 4.79 Å². The number of urea groups is 1. The molecule has 0 spiro atoms. The predicted octanol–water partition coefficient (Wildman–Crippen LogP) is -0.470. The SMILES string of the molecule is O=C(CN1CC(CO)C1)NC(=O)NCc1ccco1. The second-order valence-corrected chi connectivity index (χ2v) is 4.55. The number of carbonyl (C=O) groups excluding carboxylic acids is 2. The van der Waals surface area contributed by atoms with Gasteiger partial charge in [-0.25, -0.2) is 4.79 Å². The number of amides is 3. The van der Waals surface area contributed by atoms with Gasteiger partial charge in [-0.3, -0.25) is 15.0 Å². The van der Waals surface area contributed by atoms with E-state index in [1.807, 2.05) is 4.90 Å². The molecule has 0 aliphatic carbocycles. The molecule has 2 rings (SSSR count). The Morgan fingerprint density at radius 2 is 2.26 bits per heavy atom. The first-order valence-electron chi connectivity index (χ1n) is 6.10. The lowest BCUT2D eigenvalue weighted by molar-refractivity contribution is -0.123. The van der Waals surface area contributed by atoms with E-state index in [0.29, 0.717) is 18.8 Å². The molecule has 1 aromatic heterocycles. The topological polar surface area (TPSA) is 94.8 Å². The number of carbonyl (C=O) groups is 2. The molecule has 1 aliphatic heterocycles. The minimum Gasteiger partial charge on any atom is -0.467 e. The van der Waals surface area contributed by atoms with Crippen LogP contribution in [0.3, 0.4) is 0 Å². The molecule has 1 fully saturated rings. The van der Waals surface area contributed by atoms with Crippen molar-refractivity contribution in [1.29, 1.82) is 0 Å². The molecule has 0 saturated carbocycles. The summed E-state index contributed by atoms with van der Waals surface area (Å²) in [6.07, 6.45) is 1.52. The molecular weight excluding hydrogens is 250 g/mol. The van der Waals surface area contributed by atoms with Gasteiger partial charge in [-0.05, 0) is 12.1 Å². The summed E-state index contributed by atoms with van der Waals surface area (Å²) in [6, 6.07) is 2.92. The number of nitrogens with one attached hydrogen (secondary N) is 2. The molecule has 1 saturated heterocycles. The number of hydrogen-bond acceptors (Lipinski definition) is 5. The van der Waals surface area contributed by atoms with Gasteiger partial charge in [0.05, 0.1) is 19.4 Å². The minimum atomic E-state index is -0.541. The summed E-state index contributed by atoms with van der Waals surface area (Å²) >= 11 is 0. The zero-order valence-corrected chi connectivity index (χ0v) is 10.5. The average molecular weight is 267 g/mol. The summed E-state index contributed by atoms with van der Waals surface area (Å²) < 4.78 is 5.04. The fraction of sp³-hybridized carbons (Fsp3) is 0.500. The van der Waals surface area contributed by atoms with E-state index in [1.165, 1.54) is 6.26 Å². The average Bonchev–Trinajstić information content (AvgIpc) is 2.83. The molecule has 0 aromatic carbocycles. The van der Waals surface area contributed by atoms with Crippen LogP contribution in [0.15, 0.2) is 22.8 Å². The normalized spacial score (nSPS) is 15.8. The third kappa shape index (κ3) is 4.08. The number of aliphatic hydroxyl groups is 1. The zero-order valence-electron chi connectivity index (χ0n) is 10.5. The molecule has 1 aromatic rings. The van der Waals surface area contributed by atoms with E-state index in [9.17, 15) is 9.59 Å². The van der Waals surface area contributed by atoms with Crippen molar-refractivity contribution in [2.75, 3.05) is 26.2 Å². The first kappa shape index (κ1) is 13.6. The lowest BCUT2D eigenvalue weighted by atomic mass is 10.0. The third-order valence-electron chi connectivity index (χ3n) is 2.91. The summed E-state index contributed by atoms with van der Waals surface area (Å²) in [6.45, 7) is 1.94. The molecule has 7 nitrogen and oxygen atoms in total. The van der Waals surface area contributed by atoms with Gasteiger partial charge in [0.1, 0.15) is 5.76 Å². The first-order valence-corrected chi connectivity index (χ1v) is 6.10. The molecular formula is C12H17N3O4. The molecule has 3 N–H and O–H groups in total. The van der Waals surface area contributed by atoms with Crippen LogP contribution in [0.25, 0.3) is 0 Å². The van der Waals surface area contributed by atoms with Gasteiger partial charge < -0.3 is 14.8 Å². The van der Waals surface area contributed by atoms with Crippen LogP contribution in [-0.2, 0) is 11.3 Å². The predicted molar refractivity (Wildman–Crippen MR) is 66.1 cm³/mol. The molecule has 0 unspecified atom stereocenters. The molecule has 7 heteroatoms. The van der Waals surface area contributed by atoms with Gasteiger partial charge >= 0.3 is 6.03 Å². The lowest BCUT2D eigenvalue weighted by Crippen LogP contribution is -2.53. The van der Waals surface area contributed by atoms with Crippen LogP contribution >= 0.6 is 0 Å². The highest BCUT2D eigenvalue weighted by Gasteiger charge is 2.27. The maximum atomic E-state index is 11.5. The Kier molecular flexibility index (Phi) is 4.53.